The van der Waals surface area contributed by atoms with Crippen LogP contribution in [-0.4, -0.2) is 96.7 Å². The van der Waals surface area contributed by atoms with Crippen molar-refractivity contribution in [1.29, 1.82) is 0 Å². The fourth-order valence-electron chi connectivity index (χ4n) is 13.6. The number of carbonyl (C=O) groups is 4. The first kappa shape index (κ1) is 104. The van der Waals surface area contributed by atoms with Crippen molar-refractivity contribution < 1.29 is 80.2 Å². The number of aliphatic hydroxyl groups excluding tert-OH is 1. The zero-order chi connectivity index (χ0) is 77.6. The van der Waals surface area contributed by atoms with E-state index < -0.39 is 97.5 Å². The smallest absolute Gasteiger partial charge is 0.462 e. The number of ether oxygens (including phenoxy) is 4. The number of aliphatic hydroxyl groups is 1. The molecular weight excluding hydrogens is 1380 g/mol. The molecule has 0 spiro atoms. The van der Waals surface area contributed by atoms with Gasteiger partial charge in [0.05, 0.1) is 26.4 Å². The summed E-state index contributed by atoms with van der Waals surface area (Å²) in [5.41, 5.74) is 0. The normalized spacial score (nSPS) is 13.7. The van der Waals surface area contributed by atoms with Crippen molar-refractivity contribution in [3.63, 3.8) is 0 Å². The zero-order valence-corrected chi connectivity index (χ0v) is 71.4. The molecule has 0 rings (SSSR count). The van der Waals surface area contributed by atoms with Crippen molar-refractivity contribution in [2.45, 2.75) is 490 Å². The van der Waals surface area contributed by atoms with Gasteiger partial charge in [-0.1, -0.05) is 420 Å². The van der Waals surface area contributed by atoms with Gasteiger partial charge in [-0.2, -0.15) is 0 Å². The first-order valence-electron chi connectivity index (χ1n) is 45.1. The van der Waals surface area contributed by atoms with Crippen LogP contribution < -0.4 is 0 Å². The second kappa shape index (κ2) is 79.7. The third-order valence-electron chi connectivity index (χ3n) is 20.5. The van der Waals surface area contributed by atoms with Crippen molar-refractivity contribution in [3.8, 4) is 0 Å². The average Bonchev–Trinajstić information content (AvgIpc) is 0.901. The molecule has 0 amide bonds. The summed E-state index contributed by atoms with van der Waals surface area (Å²) in [7, 11) is -9.93. The summed E-state index contributed by atoms with van der Waals surface area (Å²) in [5, 5.41) is 10.7. The molecule has 0 aliphatic rings. The Morgan fingerprint density at radius 1 is 0.255 bits per heavy atom. The van der Waals surface area contributed by atoms with Crippen molar-refractivity contribution in [2.24, 2.45) is 5.92 Å². The lowest BCUT2D eigenvalue weighted by molar-refractivity contribution is -0.161. The molecule has 0 aromatic carbocycles. The number of hydrogen-bond donors (Lipinski definition) is 3. The SMILES string of the molecule is CCCCCCCCCCCCCCCCCCCCCCCCC(=O)O[C@H](COC(=O)CCCCCCCCCCCCCCCCCCCCCCC)COP(=O)(O)OC[C@@H](O)COP(=O)(O)OC[C@@H](COC(=O)CCCCCCCCCCCCC)OC(=O)CCCCCCCCCCCC(C)C. The van der Waals surface area contributed by atoms with Gasteiger partial charge < -0.3 is 33.8 Å². The van der Waals surface area contributed by atoms with Crippen molar-refractivity contribution in [3.05, 3.63) is 0 Å². The van der Waals surface area contributed by atoms with Crippen LogP contribution in [0.1, 0.15) is 471 Å². The lowest BCUT2D eigenvalue weighted by Crippen LogP contribution is -2.30. The van der Waals surface area contributed by atoms with Crippen LogP contribution in [0.15, 0.2) is 0 Å². The summed E-state index contributed by atoms with van der Waals surface area (Å²) >= 11 is 0. The maximum atomic E-state index is 13.2. The third-order valence-corrected chi connectivity index (χ3v) is 22.4. The summed E-state index contributed by atoms with van der Waals surface area (Å²) in [5.74, 6) is -1.37. The molecule has 3 N–H and O–H groups in total. The van der Waals surface area contributed by atoms with Gasteiger partial charge in [0, 0.05) is 25.7 Å². The van der Waals surface area contributed by atoms with Crippen LogP contribution in [0.5, 0.6) is 0 Å². The first-order valence-corrected chi connectivity index (χ1v) is 48.1. The molecule has 0 aliphatic heterocycles. The molecule has 5 atom stereocenters. The summed E-state index contributed by atoms with van der Waals surface area (Å²) < 4.78 is 68.9. The number of phosphoric ester groups is 2. The van der Waals surface area contributed by atoms with Crippen LogP contribution in [-0.2, 0) is 65.4 Å². The van der Waals surface area contributed by atoms with Crippen LogP contribution in [0.4, 0.5) is 0 Å². The lowest BCUT2D eigenvalue weighted by Gasteiger charge is -2.21. The molecule has 19 heteroatoms. The Bertz CT molecular complexity index is 2010. The molecule has 17 nitrogen and oxygen atoms in total. The van der Waals surface area contributed by atoms with Crippen molar-refractivity contribution in [2.75, 3.05) is 39.6 Å². The fourth-order valence-corrected chi connectivity index (χ4v) is 15.2. The minimum absolute atomic E-state index is 0.106. The molecular formula is C87H170O17P2. The molecule has 2 unspecified atom stereocenters. The monoisotopic (exact) mass is 1550 g/mol. The second-order valence-corrected chi connectivity index (χ2v) is 34.7. The zero-order valence-electron chi connectivity index (χ0n) is 69.6. The number of rotatable bonds is 87. The van der Waals surface area contributed by atoms with Gasteiger partial charge in [-0.15, -0.1) is 0 Å². The Hall–Kier alpha value is -1.94. The summed E-state index contributed by atoms with van der Waals surface area (Å²) in [6.07, 6.45) is 73.8. The van der Waals surface area contributed by atoms with Gasteiger partial charge in [-0.05, 0) is 31.6 Å². The van der Waals surface area contributed by atoms with E-state index in [2.05, 4.69) is 34.6 Å². The first-order chi connectivity index (χ1) is 51.5. The van der Waals surface area contributed by atoms with E-state index in [0.717, 1.165) is 95.8 Å². The predicted octanol–water partition coefficient (Wildman–Crippen LogP) is 26.8. The number of unbranched alkanes of at least 4 members (excludes halogenated alkanes) is 59. The van der Waals surface area contributed by atoms with Gasteiger partial charge >= 0.3 is 39.5 Å². The molecule has 0 bridgehead atoms. The van der Waals surface area contributed by atoms with Crippen LogP contribution >= 0.6 is 15.6 Å². The molecule has 0 aromatic heterocycles. The van der Waals surface area contributed by atoms with E-state index in [1.165, 1.54) is 295 Å². The molecule has 630 valence electrons. The Morgan fingerprint density at radius 2 is 0.434 bits per heavy atom. The Balaban J connectivity index is 5.20. The van der Waals surface area contributed by atoms with E-state index in [-0.39, 0.29) is 25.7 Å². The Kier molecular flexibility index (Phi) is 78.2. The highest BCUT2D eigenvalue weighted by atomic mass is 31.2. The molecule has 0 saturated heterocycles. The van der Waals surface area contributed by atoms with E-state index in [0.29, 0.717) is 25.7 Å². The van der Waals surface area contributed by atoms with Crippen LogP contribution in [0, 0.1) is 5.92 Å². The third kappa shape index (κ3) is 80.1. The van der Waals surface area contributed by atoms with Gasteiger partial charge in [0.25, 0.3) is 0 Å². The van der Waals surface area contributed by atoms with Gasteiger partial charge in [-0.25, -0.2) is 9.13 Å². The molecule has 106 heavy (non-hydrogen) atoms. The molecule has 0 saturated carbocycles. The highest BCUT2D eigenvalue weighted by Crippen LogP contribution is 2.45. The summed E-state index contributed by atoms with van der Waals surface area (Å²) in [4.78, 5) is 73.2. The minimum Gasteiger partial charge on any atom is -0.462 e. The highest BCUT2D eigenvalue weighted by Gasteiger charge is 2.30. The van der Waals surface area contributed by atoms with E-state index in [4.69, 9.17) is 37.0 Å². The van der Waals surface area contributed by atoms with Gasteiger partial charge in [0.2, 0.25) is 0 Å². The average molecular weight is 1550 g/mol. The van der Waals surface area contributed by atoms with Crippen LogP contribution in [0.3, 0.4) is 0 Å². The van der Waals surface area contributed by atoms with E-state index in [1.54, 1.807) is 0 Å². The number of phosphoric acid groups is 2. The standard InChI is InChI=1S/C87H170O17P2/c1-6-9-12-15-18-21-24-26-28-30-32-34-36-38-40-42-44-47-52-57-62-67-72-86(91)103-82(76-98-85(90)71-66-61-56-51-46-43-41-39-37-35-33-31-29-27-25-22-19-16-13-10-7-2)78-101-105(93,94)99-74-81(88)75-100-106(95,96)102-79-83(77-97-84(89)70-65-60-55-50-45-23-20-17-14-11-8-3)104-87(92)73-68-63-58-53-48-49-54-59-64-69-80(4)5/h80-83,88H,6-79H2,1-5H3,(H,93,94)(H,95,96)/t81-,82-,83-/m1/s1. The van der Waals surface area contributed by atoms with Gasteiger partial charge in [0.1, 0.15) is 19.3 Å². The maximum absolute atomic E-state index is 13.2. The fraction of sp³-hybridized carbons (Fsp3) is 0.954. The number of esters is 4. The predicted molar refractivity (Wildman–Crippen MR) is 437 cm³/mol. The van der Waals surface area contributed by atoms with Crippen LogP contribution in [0.25, 0.3) is 0 Å². The van der Waals surface area contributed by atoms with Crippen molar-refractivity contribution in [1.82, 2.24) is 0 Å². The minimum atomic E-state index is -4.97. The second-order valence-electron chi connectivity index (χ2n) is 31.8. The topological polar surface area (TPSA) is 237 Å². The maximum Gasteiger partial charge on any atom is 0.472 e. The quantitative estimate of drug-likeness (QED) is 0.0222. The number of carbonyl (C=O) groups excluding carboxylic acids is 4. The molecule has 0 aliphatic carbocycles. The van der Waals surface area contributed by atoms with E-state index in [9.17, 15) is 43.2 Å². The summed E-state index contributed by atoms with van der Waals surface area (Å²) in [6.45, 7) is 7.33. The summed E-state index contributed by atoms with van der Waals surface area (Å²) in [6, 6.07) is 0. The van der Waals surface area contributed by atoms with E-state index in [1.807, 2.05) is 0 Å². The van der Waals surface area contributed by atoms with Gasteiger partial charge in [0.15, 0.2) is 12.2 Å². The van der Waals surface area contributed by atoms with Crippen molar-refractivity contribution >= 4 is 39.5 Å². The lowest BCUT2D eigenvalue weighted by atomic mass is 10.0. The molecule has 0 heterocycles. The highest BCUT2D eigenvalue weighted by molar-refractivity contribution is 7.47. The Morgan fingerprint density at radius 3 is 0.642 bits per heavy atom. The number of hydrogen-bond acceptors (Lipinski definition) is 15. The Labute approximate surface area is 651 Å². The molecule has 0 radical (unpaired) electrons. The molecule has 0 fully saturated rings. The van der Waals surface area contributed by atoms with E-state index >= 15 is 0 Å². The molecule has 0 aromatic rings. The largest absolute Gasteiger partial charge is 0.472 e. The van der Waals surface area contributed by atoms with Crippen LogP contribution in [0.2, 0.25) is 0 Å². The van der Waals surface area contributed by atoms with Gasteiger partial charge in [-0.3, -0.25) is 37.3 Å².